The zero-order valence-electron chi connectivity index (χ0n) is 44.0. The lowest BCUT2D eigenvalue weighted by Crippen LogP contribution is -2.25. The van der Waals surface area contributed by atoms with Crippen LogP contribution in [0.2, 0.25) is 0 Å². The van der Waals surface area contributed by atoms with Crippen LogP contribution >= 0.6 is 0 Å². The summed E-state index contributed by atoms with van der Waals surface area (Å²) in [6, 6.07) is 72.5. The van der Waals surface area contributed by atoms with E-state index in [1.54, 1.807) is 0 Å². The Morgan fingerprint density at radius 1 is 0.405 bits per heavy atom. The molecule has 4 heterocycles. The summed E-state index contributed by atoms with van der Waals surface area (Å²) < 4.78 is 11.7. The van der Waals surface area contributed by atoms with Gasteiger partial charge in [-0.3, -0.25) is 4.57 Å². The van der Waals surface area contributed by atoms with Gasteiger partial charge in [-0.2, -0.15) is 0 Å². The highest BCUT2D eigenvalue weighted by Gasteiger charge is 2.33. The number of anilines is 4. The first-order chi connectivity index (χ1) is 35.6. The number of rotatable bonds is 8. The van der Waals surface area contributed by atoms with Gasteiger partial charge in [0.2, 0.25) is 0 Å². The normalized spacial score (nSPS) is 13.1. The minimum Gasteiger partial charge on any atom is -0.457 e. The van der Waals surface area contributed by atoms with E-state index in [1.165, 1.54) is 44.6 Å². The van der Waals surface area contributed by atoms with Crippen LogP contribution in [-0.4, -0.2) is 20.8 Å². The molecular weight excluding hydrogens is 903 g/mol. The van der Waals surface area contributed by atoms with Crippen molar-refractivity contribution in [2.24, 2.45) is 0 Å². The van der Waals surface area contributed by atoms with Gasteiger partial charge in [0.15, 0.2) is 0 Å². The second-order valence-electron chi connectivity index (χ2n) is 23.0. The predicted octanol–water partition coefficient (Wildman–Crippen LogP) is 18.4. The number of pyridine rings is 1. The van der Waals surface area contributed by atoms with Crippen LogP contribution in [0.1, 0.15) is 79.0 Å². The quantitative estimate of drug-likeness (QED) is 0.152. The number of fused-ring (bicyclic) bond motifs is 6. The van der Waals surface area contributed by atoms with Gasteiger partial charge in [-0.05, 0) is 111 Å². The van der Waals surface area contributed by atoms with E-state index >= 15 is 0 Å². The third kappa shape index (κ3) is 8.19. The Kier molecular flexibility index (Phi) is 11.2. The number of hydrogen-bond acceptors (Lipinski definition) is 4. The maximum atomic E-state index is 6.98. The van der Waals surface area contributed by atoms with Gasteiger partial charge in [0.1, 0.15) is 24.0 Å². The monoisotopic (exact) mass is 966 g/mol. The zero-order chi connectivity index (χ0) is 51.1. The maximum Gasteiger partial charge on any atom is 0.137 e. The van der Waals surface area contributed by atoms with E-state index in [4.69, 9.17) is 9.72 Å². The van der Waals surface area contributed by atoms with Crippen molar-refractivity contribution >= 4 is 55.6 Å². The van der Waals surface area contributed by atoms with Crippen molar-refractivity contribution in [2.45, 2.75) is 78.6 Å². The summed E-state index contributed by atoms with van der Waals surface area (Å²) in [6.45, 7) is 21.3. The smallest absolute Gasteiger partial charge is 0.137 e. The lowest BCUT2D eigenvalue weighted by Gasteiger charge is -2.29. The first kappa shape index (κ1) is 46.7. The SMILES string of the molecule is CC(C)(C)c1cc(-c2cccc(-c3ccccc3)c2N2CN(c3cccc(Oc4ccc5c(c4)n(-c4cc(C(C)(C)C)ccn4)c4c6ccccc6n(-c6ccccc6)c54)c3)c3ccccc32)cc(C(C)(C)C)c1. The summed E-state index contributed by atoms with van der Waals surface area (Å²) in [4.78, 5) is 10.0. The van der Waals surface area contributed by atoms with Crippen molar-refractivity contribution in [3.63, 3.8) is 0 Å². The number of ether oxygens (including phenoxy) is 1. The van der Waals surface area contributed by atoms with E-state index in [1.807, 2.05) is 6.20 Å². The molecule has 0 amide bonds. The third-order valence-electron chi connectivity index (χ3n) is 14.9. The lowest BCUT2D eigenvalue weighted by atomic mass is 9.78. The molecule has 12 rings (SSSR count). The summed E-state index contributed by atoms with van der Waals surface area (Å²) in [6.07, 6.45) is 1.95. The number of benzene rings is 8. The third-order valence-corrected chi connectivity index (χ3v) is 14.9. The number of nitrogens with zero attached hydrogens (tertiary/aromatic N) is 5. The molecule has 0 spiro atoms. The van der Waals surface area contributed by atoms with Gasteiger partial charge in [0.05, 0.1) is 39.1 Å². The zero-order valence-corrected chi connectivity index (χ0v) is 44.0. The summed E-state index contributed by atoms with van der Waals surface area (Å²) >= 11 is 0. The average Bonchev–Trinajstić information content (AvgIpc) is 4.06. The lowest BCUT2D eigenvalue weighted by molar-refractivity contribution is 0.483. The number of hydrogen-bond donors (Lipinski definition) is 0. The molecule has 0 N–H and O–H groups in total. The van der Waals surface area contributed by atoms with Crippen molar-refractivity contribution in [2.75, 3.05) is 16.5 Å². The van der Waals surface area contributed by atoms with Crippen LogP contribution in [-0.2, 0) is 16.2 Å². The Morgan fingerprint density at radius 2 is 0.973 bits per heavy atom. The highest BCUT2D eigenvalue weighted by molar-refractivity contribution is 6.20. The van der Waals surface area contributed by atoms with E-state index < -0.39 is 0 Å². The molecule has 0 aliphatic carbocycles. The van der Waals surface area contributed by atoms with Crippen LogP contribution in [0.3, 0.4) is 0 Å². The fourth-order valence-electron chi connectivity index (χ4n) is 10.9. The van der Waals surface area contributed by atoms with E-state index in [0.29, 0.717) is 6.67 Å². The maximum absolute atomic E-state index is 6.98. The van der Waals surface area contributed by atoms with Crippen molar-refractivity contribution in [3.05, 3.63) is 223 Å². The summed E-state index contributed by atoms with van der Waals surface area (Å²) in [7, 11) is 0. The average molecular weight is 966 g/mol. The number of aromatic nitrogens is 3. The highest BCUT2D eigenvalue weighted by Crippen LogP contribution is 2.51. The van der Waals surface area contributed by atoms with Crippen molar-refractivity contribution in [3.8, 4) is 45.3 Å². The predicted molar refractivity (Wildman–Crippen MR) is 311 cm³/mol. The molecule has 0 fully saturated rings. The van der Waals surface area contributed by atoms with Gasteiger partial charge in [-0.1, -0.05) is 184 Å². The van der Waals surface area contributed by atoms with Crippen molar-refractivity contribution < 1.29 is 4.74 Å². The van der Waals surface area contributed by atoms with Gasteiger partial charge in [0.25, 0.3) is 0 Å². The molecule has 0 saturated heterocycles. The minimum atomic E-state index is -0.0637. The standard InChI is InChI=1S/C68H63N5O/c1-66(2,3)47-36-37-69-62(41-47)73-61-43-53(34-35-57(61)64-65(73)56-28-16-17-31-58(56)72(64)50-24-14-11-15-25-50)74-52-27-20-26-51(42-52)70-44-71(60-33-19-18-32-59(60)70)63-54(45-22-12-10-13-23-45)29-21-30-55(63)46-38-48(67(4,5)6)40-49(39-46)68(7,8)9/h10-43H,44H2,1-9H3. The Morgan fingerprint density at radius 3 is 1.68 bits per heavy atom. The summed E-state index contributed by atoms with van der Waals surface area (Å²) in [5.41, 5.74) is 18.6. The molecule has 3 aromatic heterocycles. The molecule has 11 aromatic rings. The highest BCUT2D eigenvalue weighted by atomic mass is 16.5. The molecule has 1 aliphatic heterocycles. The van der Waals surface area contributed by atoms with Crippen molar-refractivity contribution in [1.82, 2.24) is 14.1 Å². The van der Waals surface area contributed by atoms with Gasteiger partial charge < -0.3 is 19.1 Å². The topological polar surface area (TPSA) is 38.5 Å². The fourth-order valence-corrected chi connectivity index (χ4v) is 10.9. The largest absolute Gasteiger partial charge is 0.457 e. The molecule has 1 aliphatic rings. The molecule has 74 heavy (non-hydrogen) atoms. The Labute approximate surface area is 435 Å². The van der Waals surface area contributed by atoms with E-state index in [2.05, 4.69) is 281 Å². The summed E-state index contributed by atoms with van der Waals surface area (Å²) in [5, 5.41) is 2.28. The summed E-state index contributed by atoms with van der Waals surface area (Å²) in [5.74, 6) is 2.38. The molecule has 0 unspecified atom stereocenters. The van der Waals surface area contributed by atoms with Gasteiger partial charge in [0, 0.05) is 51.6 Å². The number of para-hydroxylation sites is 5. The van der Waals surface area contributed by atoms with Gasteiger partial charge in [-0.15, -0.1) is 0 Å². The molecular formula is C68H63N5O. The molecule has 6 nitrogen and oxygen atoms in total. The van der Waals surface area contributed by atoms with Crippen LogP contribution in [0.25, 0.3) is 66.6 Å². The van der Waals surface area contributed by atoms with Crippen LogP contribution in [0.15, 0.2) is 206 Å². The molecule has 0 bridgehead atoms. The molecule has 366 valence electrons. The Bertz CT molecular complexity index is 3880. The van der Waals surface area contributed by atoms with Crippen LogP contribution in [0, 0.1) is 0 Å². The fraction of sp³-hybridized carbons (Fsp3) is 0.191. The molecule has 0 saturated carbocycles. The second kappa shape index (κ2) is 17.7. The van der Waals surface area contributed by atoms with Gasteiger partial charge in [-0.25, -0.2) is 4.98 Å². The first-order valence-electron chi connectivity index (χ1n) is 26.0. The molecule has 8 aromatic carbocycles. The first-order valence-corrected chi connectivity index (χ1v) is 26.0. The Balaban J connectivity index is 0.972. The Hall–Kier alpha value is -8.35. The molecule has 0 radical (unpaired) electrons. The van der Waals surface area contributed by atoms with E-state index in [0.717, 1.165) is 72.9 Å². The van der Waals surface area contributed by atoms with Crippen LogP contribution < -0.4 is 14.5 Å². The van der Waals surface area contributed by atoms with E-state index in [-0.39, 0.29) is 16.2 Å². The van der Waals surface area contributed by atoms with E-state index in [9.17, 15) is 0 Å². The van der Waals surface area contributed by atoms with Crippen molar-refractivity contribution in [1.29, 1.82) is 0 Å². The van der Waals surface area contributed by atoms with Gasteiger partial charge >= 0.3 is 0 Å². The van der Waals surface area contributed by atoms with Crippen LogP contribution in [0.4, 0.5) is 22.7 Å². The minimum absolute atomic E-state index is 0.0292. The second-order valence-corrected chi connectivity index (χ2v) is 23.0. The van der Waals surface area contributed by atoms with Crippen LogP contribution in [0.5, 0.6) is 11.5 Å². The molecule has 0 atom stereocenters. The molecule has 6 heteroatoms.